The van der Waals surface area contributed by atoms with E-state index in [2.05, 4.69) is 50.7 Å². The van der Waals surface area contributed by atoms with E-state index in [1.54, 1.807) is 21.1 Å². The number of likely N-dealkylation sites (N-methyl/N-ethyl adjacent to an activating group) is 1. The number of nitrogens with zero attached hydrogens (tertiary/aromatic N) is 8. The molecule has 1 aromatic carbocycles. The Balaban J connectivity index is 1.30. The van der Waals surface area contributed by atoms with E-state index in [-0.39, 0.29) is 17.3 Å². The fourth-order valence-corrected chi connectivity index (χ4v) is 4.66. The molecule has 0 atom stereocenters. The molecule has 1 aliphatic rings. The summed E-state index contributed by atoms with van der Waals surface area (Å²) in [5.41, 5.74) is 9.71. The third kappa shape index (κ3) is 5.26. The molecule has 214 valence electrons. The predicted molar refractivity (Wildman–Crippen MR) is 155 cm³/mol. The number of fused-ring (bicyclic) bond motifs is 2. The molecule has 16 heteroatoms. The molecule has 0 aliphatic carbocycles. The first kappa shape index (κ1) is 27.2. The number of rotatable bonds is 9. The molecule has 5 rings (SSSR count). The van der Waals surface area contributed by atoms with Crippen LogP contribution >= 0.6 is 0 Å². The lowest BCUT2D eigenvalue weighted by molar-refractivity contribution is -0.105. The van der Waals surface area contributed by atoms with Crippen molar-refractivity contribution in [2.75, 3.05) is 78.8 Å². The zero-order chi connectivity index (χ0) is 29.3. The van der Waals surface area contributed by atoms with Gasteiger partial charge >= 0.3 is 0 Å². The van der Waals surface area contributed by atoms with Gasteiger partial charge in [0.05, 0.1) is 17.7 Å². The van der Waals surface area contributed by atoms with Crippen LogP contribution in [0.4, 0.5) is 34.6 Å². The van der Waals surface area contributed by atoms with Crippen LogP contribution in [0.5, 0.6) is 0 Å². The largest absolute Gasteiger partial charge is 0.382 e. The molecule has 6 N–H and O–H groups in total. The zero-order valence-electron chi connectivity index (χ0n) is 23.1. The van der Waals surface area contributed by atoms with Gasteiger partial charge in [0, 0.05) is 60.1 Å². The summed E-state index contributed by atoms with van der Waals surface area (Å²) < 4.78 is 1.37. The van der Waals surface area contributed by atoms with Crippen molar-refractivity contribution in [1.82, 2.24) is 34.4 Å². The quantitative estimate of drug-likeness (QED) is 0.179. The first-order valence-electron chi connectivity index (χ1n) is 12.8. The van der Waals surface area contributed by atoms with Crippen LogP contribution in [0, 0.1) is 0 Å². The predicted octanol–water partition coefficient (Wildman–Crippen LogP) is 0.559. The van der Waals surface area contributed by atoms with Gasteiger partial charge in [0.1, 0.15) is 5.52 Å². The van der Waals surface area contributed by atoms with Crippen LogP contribution in [0.1, 0.15) is 21.1 Å². The van der Waals surface area contributed by atoms with Gasteiger partial charge in [0.25, 0.3) is 11.8 Å². The van der Waals surface area contributed by atoms with E-state index in [4.69, 9.17) is 5.73 Å². The molecule has 4 aromatic rings. The molecule has 4 heterocycles. The van der Waals surface area contributed by atoms with Crippen molar-refractivity contribution >= 4 is 64.0 Å². The molecule has 0 saturated heterocycles. The molecule has 0 radical (unpaired) electrons. The van der Waals surface area contributed by atoms with E-state index in [0.29, 0.717) is 48.1 Å². The van der Waals surface area contributed by atoms with E-state index in [9.17, 15) is 14.4 Å². The van der Waals surface area contributed by atoms with Crippen molar-refractivity contribution in [2.24, 2.45) is 7.05 Å². The van der Waals surface area contributed by atoms with Crippen LogP contribution in [-0.4, -0.2) is 99.9 Å². The Morgan fingerprint density at radius 3 is 2.71 bits per heavy atom. The second-order valence-corrected chi connectivity index (χ2v) is 9.68. The highest BCUT2D eigenvalue weighted by atomic mass is 16.2. The Hall–Kier alpha value is -5.41. The number of nitrogens with two attached hydrogens (primary N) is 1. The standard InChI is InChI=1S/C25H31N13O3/c1-35(2)24(41)18-21(30-13-39)33-22(37(18)4)23(40)31-14-5-6-15-16(11-14)36(3)9-10-38(15)8-7-27-25-32-19(26)17-20(34-25)29-12-28-17/h5-6,11-13H,7-10H2,1-4H3,(H,30,39)(H,31,40)(H4,26,27,28,29,32,34). The topological polar surface area (TPSA) is 195 Å². The number of aromatic amines is 1. The maximum atomic E-state index is 13.2. The molecule has 3 aromatic heterocycles. The van der Waals surface area contributed by atoms with Gasteiger partial charge in [-0.2, -0.15) is 9.97 Å². The summed E-state index contributed by atoms with van der Waals surface area (Å²) in [5, 5.41) is 8.48. The molecule has 0 bridgehead atoms. The van der Waals surface area contributed by atoms with Crippen molar-refractivity contribution in [3.05, 3.63) is 36.0 Å². The number of anilines is 6. The molecule has 1 aliphatic heterocycles. The Morgan fingerprint density at radius 2 is 1.95 bits per heavy atom. The lowest BCUT2D eigenvalue weighted by Gasteiger charge is -2.37. The zero-order valence-corrected chi connectivity index (χ0v) is 23.1. The van der Waals surface area contributed by atoms with Crippen LogP contribution in [-0.2, 0) is 11.8 Å². The van der Waals surface area contributed by atoms with Crippen LogP contribution in [0.25, 0.3) is 11.2 Å². The normalized spacial score (nSPS) is 12.7. The molecule has 3 amide bonds. The third-order valence-electron chi connectivity index (χ3n) is 6.77. The van der Waals surface area contributed by atoms with Crippen molar-refractivity contribution in [3.8, 4) is 0 Å². The molecule has 41 heavy (non-hydrogen) atoms. The molecule has 0 spiro atoms. The summed E-state index contributed by atoms with van der Waals surface area (Å²) in [7, 11) is 6.69. The second kappa shape index (κ2) is 11.0. The summed E-state index contributed by atoms with van der Waals surface area (Å²) >= 11 is 0. The number of carbonyl (C=O) groups is 3. The number of nitrogen functional groups attached to an aromatic ring is 1. The van der Waals surface area contributed by atoms with Crippen LogP contribution < -0.4 is 31.5 Å². The van der Waals surface area contributed by atoms with Crippen LogP contribution in [0.15, 0.2) is 24.5 Å². The van der Waals surface area contributed by atoms with Gasteiger partial charge in [-0.3, -0.25) is 14.4 Å². The second-order valence-electron chi connectivity index (χ2n) is 9.68. The minimum atomic E-state index is -0.521. The van der Waals surface area contributed by atoms with Gasteiger partial charge in [-0.1, -0.05) is 0 Å². The highest BCUT2D eigenvalue weighted by Crippen LogP contribution is 2.34. The fourth-order valence-electron chi connectivity index (χ4n) is 4.66. The lowest BCUT2D eigenvalue weighted by atomic mass is 10.1. The summed E-state index contributed by atoms with van der Waals surface area (Å²) in [6.45, 7) is 2.84. The van der Waals surface area contributed by atoms with E-state index >= 15 is 0 Å². The average molecular weight is 562 g/mol. The summed E-state index contributed by atoms with van der Waals surface area (Å²) in [6, 6.07) is 5.65. The number of hydrogen-bond acceptors (Lipinski definition) is 11. The average Bonchev–Trinajstić information content (AvgIpc) is 3.54. The number of hydrogen-bond donors (Lipinski definition) is 5. The maximum Gasteiger partial charge on any atom is 0.291 e. The summed E-state index contributed by atoms with van der Waals surface area (Å²) in [5.74, 6) is -0.188. The molecule has 0 fully saturated rings. The monoisotopic (exact) mass is 561 g/mol. The number of H-pyrrole nitrogens is 1. The molecular formula is C25H31N13O3. The molecule has 0 unspecified atom stereocenters. The number of carbonyl (C=O) groups excluding carboxylic acids is 3. The molecule has 0 saturated carbocycles. The van der Waals surface area contributed by atoms with Gasteiger partial charge < -0.3 is 45.9 Å². The highest BCUT2D eigenvalue weighted by Gasteiger charge is 2.27. The molecular weight excluding hydrogens is 530 g/mol. The van der Waals surface area contributed by atoms with Crippen molar-refractivity contribution in [2.45, 2.75) is 0 Å². The van der Waals surface area contributed by atoms with Gasteiger partial charge in [-0.15, -0.1) is 0 Å². The van der Waals surface area contributed by atoms with E-state index in [1.165, 1.54) is 15.8 Å². The lowest BCUT2D eigenvalue weighted by Crippen LogP contribution is -2.41. The number of nitrogens with one attached hydrogen (secondary N) is 4. The maximum absolute atomic E-state index is 13.2. The minimum absolute atomic E-state index is 0.0122. The highest BCUT2D eigenvalue weighted by molar-refractivity contribution is 6.06. The fraction of sp³-hybridized carbons (Fsp3) is 0.320. The minimum Gasteiger partial charge on any atom is -0.382 e. The smallest absolute Gasteiger partial charge is 0.291 e. The Kier molecular flexibility index (Phi) is 7.28. The molecule has 16 nitrogen and oxygen atoms in total. The van der Waals surface area contributed by atoms with E-state index in [1.807, 2.05) is 25.2 Å². The Labute approximate surface area is 234 Å². The van der Waals surface area contributed by atoms with Crippen molar-refractivity contribution in [1.29, 1.82) is 0 Å². The van der Waals surface area contributed by atoms with Crippen molar-refractivity contribution in [3.63, 3.8) is 0 Å². The number of amides is 3. The number of imidazole rings is 2. The SMILES string of the molecule is CN(C)C(=O)c1c(NC=O)nc(C(=O)Nc2ccc3c(c2)N(C)CCN3CCNc2nc(N)c3[nH]cnc3n2)n1C. The first-order chi connectivity index (χ1) is 19.7. The summed E-state index contributed by atoms with van der Waals surface area (Å²) in [4.78, 5) is 62.5. The number of benzene rings is 1. The van der Waals surface area contributed by atoms with E-state index < -0.39 is 11.8 Å². The van der Waals surface area contributed by atoms with Gasteiger partial charge in [0.15, 0.2) is 23.0 Å². The van der Waals surface area contributed by atoms with Gasteiger partial charge in [0.2, 0.25) is 18.2 Å². The Bertz CT molecular complexity index is 1630. The van der Waals surface area contributed by atoms with E-state index in [0.717, 1.165) is 24.5 Å². The summed E-state index contributed by atoms with van der Waals surface area (Å²) in [6.07, 6.45) is 1.94. The first-order valence-corrected chi connectivity index (χ1v) is 12.8. The van der Waals surface area contributed by atoms with Crippen LogP contribution in [0.2, 0.25) is 0 Å². The van der Waals surface area contributed by atoms with Crippen molar-refractivity contribution < 1.29 is 14.4 Å². The Morgan fingerprint density at radius 1 is 1.15 bits per heavy atom. The third-order valence-corrected chi connectivity index (χ3v) is 6.77. The number of aromatic nitrogens is 6. The van der Waals surface area contributed by atoms with Gasteiger partial charge in [-0.25, -0.2) is 9.97 Å². The van der Waals surface area contributed by atoms with Gasteiger partial charge in [-0.05, 0) is 18.2 Å². The van der Waals surface area contributed by atoms with Crippen LogP contribution in [0.3, 0.4) is 0 Å².